The largest absolute Gasteiger partial charge is 0.493 e. The van der Waals surface area contributed by atoms with E-state index in [0.29, 0.717) is 13.2 Å². The zero-order chi connectivity index (χ0) is 14.0. The van der Waals surface area contributed by atoms with Crippen LogP contribution in [0.25, 0.3) is 0 Å². The monoisotopic (exact) mass is 343 g/mol. The fourth-order valence-electron chi connectivity index (χ4n) is 2.07. The summed E-state index contributed by atoms with van der Waals surface area (Å²) in [4.78, 5) is 11.9. The number of hydrogen-bond donors (Lipinski definition) is 2. The maximum Gasteiger partial charge on any atom is 0.233 e. The number of amides is 1. The molecule has 1 atom stereocenters. The Morgan fingerprint density at radius 2 is 2.26 bits per heavy atom. The van der Waals surface area contributed by atoms with Gasteiger partial charge in [-0.15, -0.1) is 0 Å². The number of thiol groups is 1. The summed E-state index contributed by atoms with van der Waals surface area (Å²) in [7, 11) is 0. The normalized spacial score (nSPS) is 15.0. The number of carbonyl (C=O) groups excluding carboxylic acids is 1. The van der Waals surface area contributed by atoms with Gasteiger partial charge in [0, 0.05) is 23.0 Å². The molecule has 5 heteroatoms. The van der Waals surface area contributed by atoms with Crippen molar-refractivity contribution in [2.24, 2.45) is 5.92 Å². The van der Waals surface area contributed by atoms with Crippen LogP contribution in [-0.2, 0) is 17.8 Å². The lowest BCUT2D eigenvalue weighted by Gasteiger charge is -2.15. The van der Waals surface area contributed by atoms with Crippen LogP contribution in [0.5, 0.6) is 5.75 Å². The number of halogens is 1. The summed E-state index contributed by atoms with van der Waals surface area (Å²) in [5.41, 5.74) is 2.21. The van der Waals surface area contributed by atoms with Crippen LogP contribution in [0.3, 0.4) is 0 Å². The van der Waals surface area contributed by atoms with Crippen molar-refractivity contribution < 1.29 is 9.53 Å². The van der Waals surface area contributed by atoms with E-state index in [9.17, 15) is 4.79 Å². The molecule has 0 aromatic heterocycles. The highest BCUT2D eigenvalue weighted by Gasteiger charge is 2.20. The molecule has 104 valence electrons. The predicted molar refractivity (Wildman–Crippen MR) is 82.8 cm³/mol. The molecule has 0 aliphatic carbocycles. The van der Waals surface area contributed by atoms with Gasteiger partial charge in [0.25, 0.3) is 0 Å². The van der Waals surface area contributed by atoms with Crippen molar-refractivity contribution in [1.82, 2.24) is 5.32 Å². The van der Waals surface area contributed by atoms with Gasteiger partial charge in [0.2, 0.25) is 5.91 Å². The van der Waals surface area contributed by atoms with Crippen LogP contribution < -0.4 is 10.1 Å². The Morgan fingerprint density at radius 3 is 2.95 bits per heavy atom. The van der Waals surface area contributed by atoms with Crippen LogP contribution in [0.15, 0.2) is 16.6 Å². The number of carbonyl (C=O) groups is 1. The molecule has 1 aliphatic rings. The lowest BCUT2D eigenvalue weighted by Crippen LogP contribution is -2.34. The highest BCUT2D eigenvalue weighted by atomic mass is 79.9. The third-order valence-electron chi connectivity index (χ3n) is 3.18. The van der Waals surface area contributed by atoms with E-state index in [1.54, 1.807) is 0 Å². The van der Waals surface area contributed by atoms with Crippen LogP contribution in [-0.4, -0.2) is 17.8 Å². The first-order valence-corrected chi connectivity index (χ1v) is 7.70. The van der Waals surface area contributed by atoms with Gasteiger partial charge in [0.15, 0.2) is 0 Å². The molecule has 0 bridgehead atoms. The number of nitrogens with one attached hydrogen (secondary N) is 1. The van der Waals surface area contributed by atoms with E-state index in [4.69, 9.17) is 4.74 Å². The van der Waals surface area contributed by atoms with Crippen molar-refractivity contribution in [1.29, 1.82) is 0 Å². The molecular weight excluding hydrogens is 326 g/mol. The van der Waals surface area contributed by atoms with Crippen molar-refractivity contribution in [2.75, 3.05) is 6.61 Å². The third-order valence-corrected chi connectivity index (χ3v) is 4.47. The van der Waals surface area contributed by atoms with E-state index < -0.39 is 0 Å². The Labute approximate surface area is 127 Å². The van der Waals surface area contributed by atoms with E-state index in [1.807, 2.05) is 19.9 Å². The van der Waals surface area contributed by atoms with Gasteiger partial charge in [-0.3, -0.25) is 4.79 Å². The zero-order valence-corrected chi connectivity index (χ0v) is 13.6. The van der Waals surface area contributed by atoms with Gasteiger partial charge in [-0.05, 0) is 23.6 Å². The van der Waals surface area contributed by atoms with Crippen molar-refractivity contribution >= 4 is 34.5 Å². The van der Waals surface area contributed by atoms with Crippen LogP contribution in [0.1, 0.15) is 25.0 Å². The van der Waals surface area contributed by atoms with Crippen LogP contribution in [0.4, 0.5) is 0 Å². The van der Waals surface area contributed by atoms with Crippen molar-refractivity contribution in [2.45, 2.75) is 32.1 Å². The maximum absolute atomic E-state index is 11.9. The third kappa shape index (κ3) is 3.45. The minimum absolute atomic E-state index is 0.0370. The van der Waals surface area contributed by atoms with Gasteiger partial charge >= 0.3 is 0 Å². The first-order valence-electron chi connectivity index (χ1n) is 6.39. The van der Waals surface area contributed by atoms with Crippen LogP contribution in [0.2, 0.25) is 0 Å². The molecular formula is C14H18BrNO2S. The molecule has 0 spiro atoms. The molecule has 1 amide bonds. The molecule has 0 saturated heterocycles. The lowest BCUT2D eigenvalue weighted by molar-refractivity contribution is -0.121. The minimum Gasteiger partial charge on any atom is -0.493 e. The summed E-state index contributed by atoms with van der Waals surface area (Å²) < 4.78 is 6.65. The Hall–Kier alpha value is -0.680. The zero-order valence-electron chi connectivity index (χ0n) is 11.1. The highest BCUT2D eigenvalue weighted by Crippen LogP contribution is 2.32. The highest BCUT2D eigenvalue weighted by molar-refractivity contribution is 9.10. The fraction of sp³-hybridized carbons (Fsp3) is 0.500. The molecule has 1 aromatic rings. The number of benzene rings is 1. The molecule has 1 aromatic carbocycles. The number of fused-ring (bicyclic) bond motifs is 1. The molecule has 3 nitrogen and oxygen atoms in total. The standard InChI is InChI=1S/C14H18BrNO2S/c1-8(2)13(19)14(17)16-7-10-6-11(15)5-9-3-4-18-12(9)10/h5-6,8,13,19H,3-4,7H2,1-2H3,(H,16,17). The van der Waals surface area contributed by atoms with Gasteiger partial charge in [-0.25, -0.2) is 0 Å². The van der Waals surface area contributed by atoms with Gasteiger partial charge in [0.1, 0.15) is 5.75 Å². The second-order valence-corrected chi connectivity index (χ2v) is 6.53. The first kappa shape index (κ1) is 14.7. The fourth-order valence-corrected chi connectivity index (χ4v) is 2.71. The minimum atomic E-state index is -0.277. The Bertz CT molecular complexity index is 491. The lowest BCUT2D eigenvalue weighted by atomic mass is 10.1. The maximum atomic E-state index is 11.9. The Morgan fingerprint density at radius 1 is 1.53 bits per heavy atom. The van der Waals surface area contributed by atoms with Gasteiger partial charge < -0.3 is 10.1 Å². The van der Waals surface area contributed by atoms with Crippen molar-refractivity contribution in [3.63, 3.8) is 0 Å². The van der Waals surface area contributed by atoms with E-state index in [-0.39, 0.29) is 17.1 Å². The van der Waals surface area contributed by atoms with Gasteiger partial charge in [-0.1, -0.05) is 29.8 Å². The molecule has 0 fully saturated rings. The van der Waals surface area contributed by atoms with E-state index in [1.165, 1.54) is 5.56 Å². The second-order valence-electron chi connectivity index (χ2n) is 5.06. The summed E-state index contributed by atoms with van der Waals surface area (Å²) in [5, 5.41) is 2.64. The summed E-state index contributed by atoms with van der Waals surface area (Å²) in [6.07, 6.45) is 0.927. The van der Waals surface area contributed by atoms with Crippen LogP contribution in [0, 0.1) is 5.92 Å². The Balaban J connectivity index is 2.06. The Kier molecular flexibility index (Phi) is 4.79. The molecule has 1 unspecified atom stereocenters. The molecule has 1 aliphatic heterocycles. The summed E-state index contributed by atoms with van der Waals surface area (Å²) in [5.74, 6) is 1.10. The first-order chi connectivity index (χ1) is 8.99. The van der Waals surface area contributed by atoms with Gasteiger partial charge in [0.05, 0.1) is 11.9 Å². The molecule has 19 heavy (non-hydrogen) atoms. The summed E-state index contributed by atoms with van der Waals surface area (Å²) >= 11 is 7.81. The molecule has 1 N–H and O–H groups in total. The van der Waals surface area contributed by atoms with Crippen molar-refractivity contribution in [3.05, 3.63) is 27.7 Å². The molecule has 1 heterocycles. The molecule has 0 radical (unpaired) electrons. The average Bonchev–Trinajstić information content (AvgIpc) is 2.82. The summed E-state index contributed by atoms with van der Waals surface area (Å²) in [6.45, 7) is 5.16. The second kappa shape index (κ2) is 6.18. The van der Waals surface area contributed by atoms with E-state index >= 15 is 0 Å². The van der Waals surface area contributed by atoms with E-state index in [0.717, 1.165) is 22.2 Å². The summed E-state index contributed by atoms with van der Waals surface area (Å²) in [6, 6.07) is 4.07. The topological polar surface area (TPSA) is 38.3 Å². The average molecular weight is 344 g/mol. The number of hydrogen-bond acceptors (Lipinski definition) is 3. The predicted octanol–water partition coefficient (Wildman–Crippen LogP) is 2.95. The molecule has 2 rings (SSSR count). The number of rotatable bonds is 4. The molecule has 0 saturated carbocycles. The SMILES string of the molecule is CC(C)C(S)C(=O)NCc1cc(Br)cc2c1OCC2. The smallest absolute Gasteiger partial charge is 0.233 e. The van der Waals surface area contributed by atoms with E-state index in [2.05, 4.69) is 39.9 Å². The quantitative estimate of drug-likeness (QED) is 0.825. The van der Waals surface area contributed by atoms with Crippen molar-refractivity contribution in [3.8, 4) is 5.75 Å². The number of ether oxygens (including phenoxy) is 1. The van der Waals surface area contributed by atoms with Gasteiger partial charge in [-0.2, -0.15) is 12.6 Å². The van der Waals surface area contributed by atoms with Crippen LogP contribution >= 0.6 is 28.6 Å².